The zero-order valence-corrected chi connectivity index (χ0v) is 13.6. The van der Waals surface area contributed by atoms with Crippen LogP contribution in [0.15, 0.2) is 23.1 Å². The fourth-order valence-electron chi connectivity index (χ4n) is 2.70. The lowest BCUT2D eigenvalue weighted by atomic mass is 10.1. The van der Waals surface area contributed by atoms with Crippen molar-refractivity contribution in [1.29, 1.82) is 0 Å². The van der Waals surface area contributed by atoms with Crippen molar-refractivity contribution in [3.05, 3.63) is 18.2 Å². The fourth-order valence-corrected chi connectivity index (χ4v) is 4.13. The normalized spacial score (nSPS) is 20.1. The van der Waals surface area contributed by atoms with Crippen molar-refractivity contribution in [3.8, 4) is 5.75 Å². The van der Waals surface area contributed by atoms with E-state index in [9.17, 15) is 8.42 Å². The Kier molecular flexibility index (Phi) is 4.75. The third-order valence-corrected chi connectivity index (χ3v) is 5.72. The minimum absolute atomic E-state index is 0.124. The van der Waals surface area contributed by atoms with Gasteiger partial charge in [0.05, 0.1) is 7.11 Å². The first-order chi connectivity index (χ1) is 9.84. The summed E-state index contributed by atoms with van der Waals surface area (Å²) in [6.45, 7) is 2.44. The molecule has 118 valence electrons. The number of nitrogen functional groups attached to an aromatic ring is 1. The van der Waals surface area contributed by atoms with Crippen molar-refractivity contribution in [2.45, 2.75) is 11.3 Å². The van der Waals surface area contributed by atoms with Crippen molar-refractivity contribution >= 4 is 15.7 Å². The molecule has 0 radical (unpaired) electrons. The molecule has 21 heavy (non-hydrogen) atoms. The van der Waals surface area contributed by atoms with Gasteiger partial charge in [0.1, 0.15) is 10.6 Å². The third-order valence-electron chi connectivity index (χ3n) is 3.88. The van der Waals surface area contributed by atoms with Gasteiger partial charge in [-0.15, -0.1) is 0 Å². The summed E-state index contributed by atoms with van der Waals surface area (Å²) >= 11 is 0. The first kappa shape index (κ1) is 16.1. The summed E-state index contributed by atoms with van der Waals surface area (Å²) in [6, 6.07) is 4.66. The summed E-state index contributed by atoms with van der Waals surface area (Å²) < 4.78 is 32.0. The van der Waals surface area contributed by atoms with Crippen LogP contribution in [0.25, 0.3) is 0 Å². The van der Waals surface area contributed by atoms with E-state index in [-0.39, 0.29) is 4.90 Å². The maximum absolute atomic E-state index is 12.7. The highest BCUT2D eigenvalue weighted by Crippen LogP contribution is 2.29. The number of sulfonamides is 1. The van der Waals surface area contributed by atoms with Crippen LogP contribution in [-0.2, 0) is 10.0 Å². The predicted molar refractivity (Wildman–Crippen MR) is 82.8 cm³/mol. The smallest absolute Gasteiger partial charge is 0.246 e. The molecule has 1 saturated heterocycles. The van der Waals surface area contributed by atoms with Crippen molar-refractivity contribution in [1.82, 2.24) is 9.21 Å². The highest BCUT2D eigenvalue weighted by molar-refractivity contribution is 7.89. The molecule has 6 nitrogen and oxygen atoms in total. The van der Waals surface area contributed by atoms with Crippen molar-refractivity contribution in [3.63, 3.8) is 0 Å². The Balaban J connectivity index is 2.22. The van der Waals surface area contributed by atoms with Gasteiger partial charge in [0, 0.05) is 25.8 Å². The molecule has 1 aromatic carbocycles. The van der Waals surface area contributed by atoms with Gasteiger partial charge in [-0.25, -0.2) is 12.7 Å². The average Bonchev–Trinajstić information content (AvgIpc) is 2.84. The highest BCUT2D eigenvalue weighted by atomic mass is 32.2. The Morgan fingerprint density at radius 1 is 1.48 bits per heavy atom. The van der Waals surface area contributed by atoms with Crippen molar-refractivity contribution in [2.75, 3.05) is 46.6 Å². The monoisotopic (exact) mass is 313 g/mol. The fraction of sp³-hybridized carbons (Fsp3) is 0.571. The van der Waals surface area contributed by atoms with Crippen LogP contribution in [0.1, 0.15) is 6.42 Å². The quantitative estimate of drug-likeness (QED) is 0.816. The Bertz CT molecular complexity index is 603. The maximum Gasteiger partial charge on any atom is 0.246 e. The van der Waals surface area contributed by atoms with E-state index >= 15 is 0 Å². The summed E-state index contributed by atoms with van der Waals surface area (Å²) in [4.78, 5) is 2.34. The lowest BCUT2D eigenvalue weighted by molar-refractivity contribution is 0.354. The van der Waals surface area contributed by atoms with Gasteiger partial charge in [0.25, 0.3) is 0 Å². The van der Waals surface area contributed by atoms with E-state index in [0.29, 0.717) is 23.9 Å². The largest absolute Gasteiger partial charge is 0.495 e. The molecule has 2 rings (SSSR count). The Morgan fingerprint density at radius 2 is 2.19 bits per heavy atom. The standard InChI is InChI=1S/C14H23N3O3S/c1-16-7-6-11(9-16)10-17(2)21(18,19)14-8-12(15)4-5-13(14)20-3/h4-5,8,11H,6-7,9-10,15H2,1-3H3. The van der Waals surface area contributed by atoms with Crippen LogP contribution in [0.4, 0.5) is 5.69 Å². The summed E-state index contributed by atoms with van der Waals surface area (Å²) in [7, 11) is 1.51. The number of benzene rings is 1. The average molecular weight is 313 g/mol. The van der Waals surface area contributed by atoms with E-state index in [1.807, 2.05) is 0 Å². The lowest BCUT2D eigenvalue weighted by Gasteiger charge is -2.22. The number of hydrogen-bond donors (Lipinski definition) is 1. The molecule has 1 unspecified atom stereocenters. The number of likely N-dealkylation sites (tertiary alicyclic amines) is 1. The number of anilines is 1. The van der Waals surface area contributed by atoms with Gasteiger partial charge in [-0.1, -0.05) is 0 Å². The van der Waals surface area contributed by atoms with Gasteiger partial charge in [-0.2, -0.15) is 0 Å². The van der Waals surface area contributed by atoms with Crippen LogP contribution >= 0.6 is 0 Å². The van der Waals surface area contributed by atoms with Crippen molar-refractivity contribution < 1.29 is 13.2 Å². The molecule has 7 heteroatoms. The van der Waals surface area contributed by atoms with Gasteiger partial charge in [-0.3, -0.25) is 0 Å². The number of ether oxygens (including phenoxy) is 1. The van der Waals surface area contributed by atoms with E-state index in [0.717, 1.165) is 19.5 Å². The Morgan fingerprint density at radius 3 is 2.76 bits per heavy atom. The number of methoxy groups -OCH3 is 1. The summed E-state index contributed by atoms with van der Waals surface area (Å²) in [6.07, 6.45) is 1.02. The Hall–Kier alpha value is -1.31. The van der Waals surface area contributed by atoms with Crippen molar-refractivity contribution in [2.24, 2.45) is 5.92 Å². The van der Waals surface area contributed by atoms with E-state index in [1.54, 1.807) is 19.2 Å². The minimum atomic E-state index is -3.60. The van der Waals surface area contributed by atoms with Crippen LogP contribution in [0.2, 0.25) is 0 Å². The van der Waals surface area contributed by atoms with Gasteiger partial charge < -0.3 is 15.4 Å². The first-order valence-corrected chi connectivity index (χ1v) is 8.37. The molecule has 2 N–H and O–H groups in total. The number of nitrogens with two attached hydrogens (primary N) is 1. The van der Waals surface area contributed by atoms with E-state index in [4.69, 9.17) is 10.5 Å². The topological polar surface area (TPSA) is 75.9 Å². The van der Waals surface area contributed by atoms with Crippen LogP contribution in [0.5, 0.6) is 5.75 Å². The molecule has 1 aromatic rings. The minimum Gasteiger partial charge on any atom is -0.495 e. The summed E-state index contributed by atoms with van der Waals surface area (Å²) in [5, 5.41) is 0. The van der Waals surface area contributed by atoms with Crippen LogP contribution in [0.3, 0.4) is 0 Å². The molecular formula is C14H23N3O3S. The second kappa shape index (κ2) is 6.21. The number of rotatable bonds is 5. The zero-order valence-electron chi connectivity index (χ0n) is 12.7. The SMILES string of the molecule is COc1ccc(N)cc1S(=O)(=O)N(C)CC1CCN(C)C1. The predicted octanol–water partition coefficient (Wildman–Crippen LogP) is 0.850. The summed E-state index contributed by atoms with van der Waals surface area (Å²) in [5.74, 6) is 0.682. The van der Waals surface area contributed by atoms with Gasteiger partial charge in [0.15, 0.2) is 0 Å². The lowest BCUT2D eigenvalue weighted by Crippen LogP contribution is -2.33. The second-order valence-corrected chi connectivity index (χ2v) is 7.63. The Labute approximate surface area is 126 Å². The highest BCUT2D eigenvalue weighted by Gasteiger charge is 2.29. The molecule has 1 fully saturated rings. The molecule has 1 atom stereocenters. The van der Waals surface area contributed by atoms with Crippen LogP contribution in [0, 0.1) is 5.92 Å². The molecule has 0 aliphatic carbocycles. The van der Waals surface area contributed by atoms with Gasteiger partial charge in [-0.05, 0) is 44.1 Å². The molecule has 0 bridgehead atoms. The van der Waals surface area contributed by atoms with E-state index < -0.39 is 10.0 Å². The summed E-state index contributed by atoms with van der Waals surface area (Å²) in [5.41, 5.74) is 6.12. The molecule has 1 aliphatic rings. The first-order valence-electron chi connectivity index (χ1n) is 6.93. The molecule has 0 amide bonds. The van der Waals surface area contributed by atoms with E-state index in [2.05, 4.69) is 11.9 Å². The molecule has 1 aliphatic heterocycles. The molecule has 0 aromatic heterocycles. The maximum atomic E-state index is 12.7. The molecule has 0 saturated carbocycles. The third kappa shape index (κ3) is 3.48. The number of hydrogen-bond acceptors (Lipinski definition) is 5. The molecule has 0 spiro atoms. The molecular weight excluding hydrogens is 290 g/mol. The van der Waals surface area contributed by atoms with Crippen LogP contribution < -0.4 is 10.5 Å². The van der Waals surface area contributed by atoms with Gasteiger partial charge >= 0.3 is 0 Å². The molecule has 1 heterocycles. The second-order valence-electron chi connectivity index (χ2n) is 5.61. The van der Waals surface area contributed by atoms with Gasteiger partial charge in [0.2, 0.25) is 10.0 Å². The van der Waals surface area contributed by atoms with E-state index in [1.165, 1.54) is 17.5 Å². The number of nitrogens with zero attached hydrogens (tertiary/aromatic N) is 2. The van der Waals surface area contributed by atoms with Crippen LogP contribution in [-0.4, -0.2) is 58.5 Å². The zero-order chi connectivity index (χ0) is 15.6.